The van der Waals surface area contributed by atoms with Gasteiger partial charge in [-0.1, -0.05) is 36.2 Å². The van der Waals surface area contributed by atoms with Crippen LogP contribution in [-0.4, -0.2) is 64.7 Å². The number of hydrogen-bond acceptors (Lipinski definition) is 6. The lowest BCUT2D eigenvalue weighted by Gasteiger charge is -2.33. The van der Waals surface area contributed by atoms with Crippen molar-refractivity contribution < 1.29 is 27.5 Å². The lowest BCUT2D eigenvalue weighted by Crippen LogP contribution is -2.52. The van der Waals surface area contributed by atoms with Gasteiger partial charge >= 0.3 is 0 Å². The van der Waals surface area contributed by atoms with Crippen molar-refractivity contribution in [2.24, 2.45) is 0 Å². The van der Waals surface area contributed by atoms with Crippen molar-refractivity contribution in [2.45, 2.75) is 32.9 Å². The quantitative estimate of drug-likeness (QED) is 0.425. The number of carbonyl (C=O) groups is 2. The molecule has 0 saturated carbocycles. The Morgan fingerprint density at radius 2 is 1.72 bits per heavy atom. The minimum atomic E-state index is -3.92. The van der Waals surface area contributed by atoms with Crippen LogP contribution in [0.5, 0.6) is 11.5 Å². The third-order valence-electron chi connectivity index (χ3n) is 5.41. The van der Waals surface area contributed by atoms with Crippen molar-refractivity contribution in [3.63, 3.8) is 0 Å². The standard InChI is InChI=1S/C24H31Cl2N3O6S/c1-6-20(24(31)27-7-2)28(14-16-8-10-18(25)19(26)12-16)23(30)15-29(36(5,32)33)21-11-9-17(34-3)13-22(21)35-4/h8-13,20H,6-7,14-15H2,1-5H3,(H,27,31)/t20-/m1/s1. The molecule has 0 spiro atoms. The molecular weight excluding hydrogens is 529 g/mol. The van der Waals surface area contributed by atoms with Crippen LogP contribution in [0.25, 0.3) is 0 Å². The van der Waals surface area contributed by atoms with E-state index in [9.17, 15) is 18.0 Å². The second-order valence-electron chi connectivity index (χ2n) is 7.90. The Bertz CT molecular complexity index is 1190. The van der Waals surface area contributed by atoms with E-state index in [1.54, 1.807) is 38.1 Å². The zero-order chi connectivity index (χ0) is 27.0. The predicted octanol–water partition coefficient (Wildman–Crippen LogP) is 3.72. The van der Waals surface area contributed by atoms with Crippen LogP contribution in [0.2, 0.25) is 10.0 Å². The minimum absolute atomic E-state index is 0.0166. The summed E-state index contributed by atoms with van der Waals surface area (Å²) in [5.41, 5.74) is 0.795. The second kappa shape index (κ2) is 13.0. The Morgan fingerprint density at radius 3 is 2.25 bits per heavy atom. The summed E-state index contributed by atoms with van der Waals surface area (Å²) in [5, 5.41) is 3.39. The van der Waals surface area contributed by atoms with Crippen molar-refractivity contribution in [2.75, 3.05) is 37.9 Å². The zero-order valence-electron chi connectivity index (χ0n) is 20.9. The van der Waals surface area contributed by atoms with Crippen LogP contribution in [0, 0.1) is 0 Å². The molecule has 36 heavy (non-hydrogen) atoms. The van der Waals surface area contributed by atoms with Crippen LogP contribution >= 0.6 is 23.2 Å². The summed E-state index contributed by atoms with van der Waals surface area (Å²) in [5.74, 6) is -0.262. The fraction of sp³-hybridized carbons (Fsp3) is 0.417. The topological polar surface area (TPSA) is 105 Å². The highest BCUT2D eigenvalue weighted by Gasteiger charge is 2.32. The third kappa shape index (κ3) is 7.41. The summed E-state index contributed by atoms with van der Waals surface area (Å²) in [7, 11) is -1.06. The first kappa shape index (κ1) is 29.5. The predicted molar refractivity (Wildman–Crippen MR) is 142 cm³/mol. The van der Waals surface area contributed by atoms with Gasteiger partial charge in [-0.2, -0.15) is 0 Å². The average Bonchev–Trinajstić information content (AvgIpc) is 2.83. The van der Waals surface area contributed by atoms with E-state index in [0.29, 0.717) is 34.3 Å². The Labute approximate surface area is 222 Å². The van der Waals surface area contributed by atoms with Crippen LogP contribution in [0.1, 0.15) is 25.8 Å². The maximum Gasteiger partial charge on any atom is 0.244 e. The van der Waals surface area contributed by atoms with Gasteiger partial charge in [-0.3, -0.25) is 13.9 Å². The summed E-state index contributed by atoms with van der Waals surface area (Å²) in [6.07, 6.45) is 1.30. The summed E-state index contributed by atoms with van der Waals surface area (Å²) < 4.78 is 37.1. The first-order chi connectivity index (χ1) is 17.0. The number of benzene rings is 2. The van der Waals surface area contributed by atoms with Gasteiger partial charge < -0.3 is 19.7 Å². The Hall–Kier alpha value is -2.69. The van der Waals surface area contributed by atoms with Gasteiger partial charge in [-0.25, -0.2) is 8.42 Å². The number of carbonyl (C=O) groups excluding carboxylic acids is 2. The molecule has 2 aromatic carbocycles. The lowest BCUT2D eigenvalue weighted by molar-refractivity contribution is -0.140. The summed E-state index contributed by atoms with van der Waals surface area (Å²) in [4.78, 5) is 27.9. The van der Waals surface area contributed by atoms with Gasteiger partial charge in [0.05, 0.1) is 36.2 Å². The molecular formula is C24H31Cl2N3O6S. The van der Waals surface area contributed by atoms with Crippen LogP contribution < -0.4 is 19.1 Å². The molecule has 0 bridgehead atoms. The summed E-state index contributed by atoms with van der Waals surface area (Å²) >= 11 is 12.2. The highest BCUT2D eigenvalue weighted by molar-refractivity contribution is 7.92. The van der Waals surface area contributed by atoms with Gasteiger partial charge in [0.1, 0.15) is 24.1 Å². The van der Waals surface area contributed by atoms with E-state index >= 15 is 0 Å². The SMILES string of the molecule is CCNC(=O)[C@@H](CC)N(Cc1ccc(Cl)c(Cl)c1)C(=O)CN(c1ccc(OC)cc1OC)S(C)(=O)=O. The molecule has 0 radical (unpaired) electrons. The molecule has 2 amide bonds. The van der Waals surface area contributed by atoms with Crippen molar-refractivity contribution in [3.05, 3.63) is 52.0 Å². The fourth-order valence-corrected chi connectivity index (χ4v) is 4.81. The number of halogens is 2. The molecule has 1 atom stereocenters. The van der Waals surface area contributed by atoms with Crippen LogP contribution in [-0.2, 0) is 26.2 Å². The lowest BCUT2D eigenvalue weighted by atomic mass is 10.1. The van der Waals surface area contributed by atoms with Gasteiger partial charge in [-0.05, 0) is 43.2 Å². The van der Waals surface area contributed by atoms with E-state index in [0.717, 1.165) is 10.6 Å². The number of likely N-dealkylation sites (N-methyl/N-ethyl adjacent to an activating group) is 1. The number of hydrogen-bond donors (Lipinski definition) is 1. The smallest absolute Gasteiger partial charge is 0.244 e. The second-order valence-corrected chi connectivity index (χ2v) is 10.6. The van der Waals surface area contributed by atoms with Gasteiger partial charge in [0.15, 0.2) is 0 Å². The van der Waals surface area contributed by atoms with E-state index in [1.807, 2.05) is 0 Å². The van der Waals surface area contributed by atoms with E-state index in [2.05, 4.69) is 5.32 Å². The number of sulfonamides is 1. The van der Waals surface area contributed by atoms with Crippen molar-refractivity contribution in [1.29, 1.82) is 0 Å². The zero-order valence-corrected chi connectivity index (χ0v) is 23.2. The van der Waals surface area contributed by atoms with Gasteiger partial charge in [0.2, 0.25) is 21.8 Å². The van der Waals surface area contributed by atoms with Crippen molar-refractivity contribution in [1.82, 2.24) is 10.2 Å². The van der Waals surface area contributed by atoms with E-state index in [1.165, 1.54) is 31.3 Å². The first-order valence-electron chi connectivity index (χ1n) is 11.2. The van der Waals surface area contributed by atoms with Gasteiger partial charge in [0.25, 0.3) is 0 Å². The minimum Gasteiger partial charge on any atom is -0.497 e. The first-order valence-corrected chi connectivity index (χ1v) is 13.8. The molecule has 12 heteroatoms. The molecule has 0 aliphatic heterocycles. The molecule has 0 fully saturated rings. The molecule has 0 heterocycles. The van der Waals surface area contributed by atoms with Crippen LogP contribution in [0.3, 0.4) is 0 Å². The summed E-state index contributed by atoms with van der Waals surface area (Å²) in [6, 6.07) is 8.64. The Morgan fingerprint density at radius 1 is 1.03 bits per heavy atom. The number of anilines is 1. The average molecular weight is 561 g/mol. The van der Waals surface area contributed by atoms with Crippen LogP contribution in [0.15, 0.2) is 36.4 Å². The van der Waals surface area contributed by atoms with E-state index in [-0.39, 0.29) is 23.9 Å². The number of rotatable bonds is 12. The number of methoxy groups -OCH3 is 2. The highest BCUT2D eigenvalue weighted by Crippen LogP contribution is 2.34. The fourth-order valence-electron chi connectivity index (χ4n) is 3.63. The Balaban J connectivity index is 2.52. The third-order valence-corrected chi connectivity index (χ3v) is 7.27. The molecule has 9 nitrogen and oxygen atoms in total. The van der Waals surface area contributed by atoms with E-state index < -0.39 is 28.5 Å². The maximum absolute atomic E-state index is 13.7. The molecule has 2 rings (SSSR count). The largest absolute Gasteiger partial charge is 0.497 e. The summed E-state index contributed by atoms with van der Waals surface area (Å²) in [6.45, 7) is 3.39. The molecule has 0 aliphatic carbocycles. The van der Waals surface area contributed by atoms with Crippen LogP contribution in [0.4, 0.5) is 5.69 Å². The molecule has 1 N–H and O–H groups in total. The molecule has 0 unspecified atom stereocenters. The molecule has 2 aromatic rings. The number of nitrogens with zero attached hydrogens (tertiary/aromatic N) is 2. The molecule has 198 valence electrons. The highest BCUT2D eigenvalue weighted by atomic mass is 35.5. The number of amides is 2. The number of nitrogens with one attached hydrogen (secondary N) is 1. The van der Waals surface area contributed by atoms with E-state index in [4.69, 9.17) is 32.7 Å². The van der Waals surface area contributed by atoms with Crippen molar-refractivity contribution in [3.8, 4) is 11.5 Å². The monoisotopic (exact) mass is 559 g/mol. The number of ether oxygens (including phenoxy) is 2. The molecule has 0 saturated heterocycles. The maximum atomic E-state index is 13.7. The van der Waals surface area contributed by atoms with Crippen molar-refractivity contribution >= 4 is 50.7 Å². The normalized spacial score (nSPS) is 12.0. The molecule has 0 aromatic heterocycles. The Kier molecular flexibility index (Phi) is 10.7. The molecule has 0 aliphatic rings. The van der Waals surface area contributed by atoms with Gasteiger partial charge in [-0.15, -0.1) is 0 Å². The van der Waals surface area contributed by atoms with Gasteiger partial charge in [0, 0.05) is 19.2 Å².